The van der Waals surface area contributed by atoms with Crippen molar-refractivity contribution in [2.24, 2.45) is 0 Å². The number of nitro groups is 1. The summed E-state index contributed by atoms with van der Waals surface area (Å²) in [6.07, 6.45) is 0.692. The molecule has 4 N–H and O–H groups in total. The molecule has 0 bridgehead atoms. The molecule has 0 saturated carbocycles. The molecular weight excluding hydrogens is 376 g/mol. The van der Waals surface area contributed by atoms with Gasteiger partial charge in [0.05, 0.1) is 21.4 Å². The Morgan fingerprint density at radius 2 is 2.00 bits per heavy atom. The van der Waals surface area contributed by atoms with Gasteiger partial charge in [-0.05, 0) is 24.6 Å². The molecule has 0 spiro atoms. The van der Waals surface area contributed by atoms with E-state index in [9.17, 15) is 14.9 Å². The molecule has 0 aliphatic rings. The van der Waals surface area contributed by atoms with Gasteiger partial charge in [-0.2, -0.15) is 0 Å². The van der Waals surface area contributed by atoms with Crippen molar-refractivity contribution in [3.63, 3.8) is 0 Å². The van der Waals surface area contributed by atoms with E-state index in [2.05, 4.69) is 10.6 Å². The highest BCUT2D eigenvalue weighted by molar-refractivity contribution is 8.00. The standard InChI is InChI=1S/C17H19ClN4O3S/c18-13-10-12(22(24)25)6-7-15(13)20-8-3-9-21-17(23)11-26-16-5-2-1-4-14(16)19/h1-2,4-7,10,20H,3,8-9,11,19H2,(H,21,23). The van der Waals surface area contributed by atoms with Gasteiger partial charge in [0.2, 0.25) is 5.91 Å². The number of nitro benzene ring substituents is 1. The van der Waals surface area contributed by atoms with Crippen molar-refractivity contribution in [3.8, 4) is 0 Å². The van der Waals surface area contributed by atoms with Gasteiger partial charge < -0.3 is 16.4 Å². The first-order valence-corrected chi connectivity index (χ1v) is 9.25. The summed E-state index contributed by atoms with van der Waals surface area (Å²) in [5, 5.41) is 16.9. The van der Waals surface area contributed by atoms with Crippen LogP contribution in [-0.4, -0.2) is 29.7 Å². The quantitative estimate of drug-likeness (QED) is 0.197. The molecule has 1 amide bonds. The van der Waals surface area contributed by atoms with Gasteiger partial charge in [0.1, 0.15) is 0 Å². The van der Waals surface area contributed by atoms with E-state index in [1.807, 2.05) is 18.2 Å². The van der Waals surface area contributed by atoms with Gasteiger partial charge in [0, 0.05) is 35.8 Å². The number of halogens is 1. The van der Waals surface area contributed by atoms with Crippen molar-refractivity contribution in [2.45, 2.75) is 11.3 Å². The molecule has 0 radical (unpaired) electrons. The highest BCUT2D eigenvalue weighted by atomic mass is 35.5. The number of nitrogens with one attached hydrogen (secondary N) is 2. The summed E-state index contributed by atoms with van der Waals surface area (Å²) in [7, 11) is 0. The van der Waals surface area contributed by atoms with Crippen LogP contribution in [0, 0.1) is 10.1 Å². The van der Waals surface area contributed by atoms with Crippen LogP contribution in [0.1, 0.15) is 6.42 Å². The molecule has 138 valence electrons. The lowest BCUT2D eigenvalue weighted by Crippen LogP contribution is -2.27. The van der Waals surface area contributed by atoms with Crippen molar-refractivity contribution in [1.82, 2.24) is 5.32 Å². The zero-order chi connectivity index (χ0) is 18.9. The smallest absolute Gasteiger partial charge is 0.271 e. The summed E-state index contributed by atoms with van der Waals surface area (Å²) in [4.78, 5) is 22.9. The van der Waals surface area contributed by atoms with Gasteiger partial charge in [-0.1, -0.05) is 23.7 Å². The van der Waals surface area contributed by atoms with E-state index in [0.29, 0.717) is 41.7 Å². The van der Waals surface area contributed by atoms with Crippen molar-refractivity contribution in [3.05, 3.63) is 57.6 Å². The maximum Gasteiger partial charge on any atom is 0.271 e. The van der Waals surface area contributed by atoms with Crippen LogP contribution in [0.15, 0.2) is 47.4 Å². The topological polar surface area (TPSA) is 110 Å². The SMILES string of the molecule is Nc1ccccc1SCC(=O)NCCCNc1ccc([N+](=O)[O-])cc1Cl. The van der Waals surface area contributed by atoms with Crippen LogP contribution in [0.5, 0.6) is 0 Å². The molecule has 0 aromatic heterocycles. The van der Waals surface area contributed by atoms with Gasteiger partial charge in [0.15, 0.2) is 0 Å². The Labute approximate surface area is 160 Å². The lowest BCUT2D eigenvalue weighted by atomic mass is 10.2. The Kier molecular flexibility index (Phi) is 7.55. The molecule has 9 heteroatoms. The first kappa shape index (κ1) is 19.9. The van der Waals surface area contributed by atoms with Crippen molar-refractivity contribution >= 4 is 46.3 Å². The third kappa shape index (κ3) is 6.12. The molecule has 0 aliphatic carbocycles. The number of amides is 1. The Balaban J connectivity index is 1.65. The highest BCUT2D eigenvalue weighted by Crippen LogP contribution is 2.26. The van der Waals surface area contributed by atoms with Crippen LogP contribution >= 0.6 is 23.4 Å². The number of rotatable bonds is 9. The zero-order valence-corrected chi connectivity index (χ0v) is 15.5. The van der Waals surface area contributed by atoms with E-state index >= 15 is 0 Å². The molecule has 0 fully saturated rings. The van der Waals surface area contributed by atoms with Crippen LogP contribution in [0.2, 0.25) is 5.02 Å². The van der Waals surface area contributed by atoms with Crippen LogP contribution in [-0.2, 0) is 4.79 Å². The molecule has 2 aromatic carbocycles. The number of carbonyl (C=O) groups excluding carboxylic acids is 1. The summed E-state index contributed by atoms with van der Waals surface area (Å²) < 4.78 is 0. The number of benzene rings is 2. The number of hydrogen-bond donors (Lipinski definition) is 3. The molecular formula is C17H19ClN4O3S. The molecule has 0 atom stereocenters. The predicted molar refractivity (Wildman–Crippen MR) is 106 cm³/mol. The fourth-order valence-electron chi connectivity index (χ4n) is 2.11. The van der Waals surface area contributed by atoms with Crippen LogP contribution in [0.4, 0.5) is 17.1 Å². The average Bonchev–Trinajstić information content (AvgIpc) is 2.61. The number of nitrogens with zero attached hydrogens (tertiary/aromatic N) is 1. The molecule has 2 rings (SSSR count). The summed E-state index contributed by atoms with van der Waals surface area (Å²) in [5.41, 5.74) is 7.06. The third-order valence-corrected chi connectivity index (χ3v) is 4.83. The second-order valence-electron chi connectivity index (χ2n) is 5.38. The lowest BCUT2D eigenvalue weighted by molar-refractivity contribution is -0.384. The number of para-hydroxylation sites is 1. The normalized spacial score (nSPS) is 10.3. The first-order chi connectivity index (χ1) is 12.5. The van der Waals surface area contributed by atoms with Crippen LogP contribution < -0.4 is 16.4 Å². The zero-order valence-electron chi connectivity index (χ0n) is 13.9. The minimum Gasteiger partial charge on any atom is -0.398 e. The summed E-state index contributed by atoms with van der Waals surface area (Å²) in [6, 6.07) is 11.7. The minimum absolute atomic E-state index is 0.0515. The molecule has 7 nitrogen and oxygen atoms in total. The van der Waals surface area contributed by atoms with E-state index in [1.54, 1.807) is 12.1 Å². The van der Waals surface area contributed by atoms with E-state index in [0.717, 1.165) is 4.90 Å². The fourth-order valence-corrected chi connectivity index (χ4v) is 3.15. The van der Waals surface area contributed by atoms with E-state index in [-0.39, 0.29) is 11.6 Å². The average molecular weight is 395 g/mol. The summed E-state index contributed by atoms with van der Waals surface area (Å²) in [6.45, 7) is 1.10. The Morgan fingerprint density at radius 3 is 2.69 bits per heavy atom. The predicted octanol–water partition coefficient (Wildman–Crippen LogP) is 3.54. The number of nitrogens with two attached hydrogens (primary N) is 1. The Hall–Kier alpha value is -2.45. The molecule has 26 heavy (non-hydrogen) atoms. The number of thioether (sulfide) groups is 1. The highest BCUT2D eigenvalue weighted by Gasteiger charge is 2.09. The molecule has 2 aromatic rings. The van der Waals surface area contributed by atoms with Crippen molar-refractivity contribution in [1.29, 1.82) is 0 Å². The molecule has 0 heterocycles. The lowest BCUT2D eigenvalue weighted by Gasteiger charge is -2.09. The largest absolute Gasteiger partial charge is 0.398 e. The van der Waals surface area contributed by atoms with Crippen molar-refractivity contribution in [2.75, 3.05) is 29.9 Å². The van der Waals surface area contributed by atoms with Gasteiger partial charge in [-0.15, -0.1) is 11.8 Å². The van der Waals surface area contributed by atoms with E-state index < -0.39 is 4.92 Å². The minimum atomic E-state index is -0.494. The van der Waals surface area contributed by atoms with E-state index in [4.69, 9.17) is 17.3 Å². The molecule has 0 aliphatic heterocycles. The number of carbonyl (C=O) groups is 1. The second-order valence-corrected chi connectivity index (χ2v) is 6.80. The summed E-state index contributed by atoms with van der Waals surface area (Å²) >= 11 is 7.40. The van der Waals surface area contributed by atoms with Gasteiger partial charge in [-0.25, -0.2) is 0 Å². The van der Waals surface area contributed by atoms with E-state index in [1.165, 1.54) is 23.9 Å². The van der Waals surface area contributed by atoms with Gasteiger partial charge >= 0.3 is 0 Å². The molecule has 0 unspecified atom stereocenters. The summed E-state index contributed by atoms with van der Waals surface area (Å²) in [5.74, 6) is 0.238. The maximum absolute atomic E-state index is 11.8. The third-order valence-electron chi connectivity index (χ3n) is 3.43. The number of anilines is 2. The number of nitrogen functional groups attached to an aromatic ring is 1. The monoisotopic (exact) mass is 394 g/mol. The second kappa shape index (κ2) is 9.88. The fraction of sp³-hybridized carbons (Fsp3) is 0.235. The van der Waals surface area contributed by atoms with Gasteiger partial charge in [0.25, 0.3) is 5.69 Å². The van der Waals surface area contributed by atoms with Gasteiger partial charge in [-0.3, -0.25) is 14.9 Å². The van der Waals surface area contributed by atoms with Crippen molar-refractivity contribution < 1.29 is 9.72 Å². The number of hydrogen-bond acceptors (Lipinski definition) is 6. The van der Waals surface area contributed by atoms with Crippen LogP contribution in [0.3, 0.4) is 0 Å². The van der Waals surface area contributed by atoms with Crippen LogP contribution in [0.25, 0.3) is 0 Å². The Morgan fingerprint density at radius 1 is 1.23 bits per heavy atom. The maximum atomic E-state index is 11.8. The molecule has 0 saturated heterocycles. The Bertz CT molecular complexity index is 788. The first-order valence-electron chi connectivity index (χ1n) is 7.89. The number of non-ortho nitro benzene ring substituents is 1.